The van der Waals surface area contributed by atoms with Gasteiger partial charge in [0.15, 0.2) is 11.5 Å². The number of carbonyl (C=O) groups excluding carboxylic acids is 1. The number of aromatic nitrogens is 3. The molecule has 2 aromatic heterocycles. The molecule has 204 valence electrons. The predicted molar refractivity (Wildman–Crippen MR) is 154 cm³/mol. The largest absolute Gasteiger partial charge is 0.441 e. The van der Waals surface area contributed by atoms with Crippen LogP contribution in [0.15, 0.2) is 65.1 Å². The van der Waals surface area contributed by atoms with Crippen molar-refractivity contribution < 1.29 is 9.21 Å². The van der Waals surface area contributed by atoms with Crippen molar-refractivity contribution in [3.8, 4) is 11.3 Å². The minimum atomic E-state index is -0.127. The van der Waals surface area contributed by atoms with E-state index in [2.05, 4.69) is 62.5 Å². The van der Waals surface area contributed by atoms with Crippen molar-refractivity contribution in [3.63, 3.8) is 0 Å². The number of nitrogens with zero attached hydrogens (tertiary/aromatic N) is 5. The maximum Gasteiger partial charge on any atom is 0.334 e. The summed E-state index contributed by atoms with van der Waals surface area (Å²) in [6.45, 7) is 5.54. The number of urea groups is 1. The molecule has 4 heterocycles. The van der Waals surface area contributed by atoms with Gasteiger partial charge in [0, 0.05) is 49.8 Å². The number of amides is 2. The zero-order chi connectivity index (χ0) is 27.2. The third kappa shape index (κ3) is 4.61. The molecule has 7 rings (SSSR count). The number of aryl methyl sites for hydroxylation is 1. The first-order valence-corrected chi connectivity index (χ1v) is 14.0. The maximum absolute atomic E-state index is 13.6. The van der Waals surface area contributed by atoms with Crippen LogP contribution in [0.1, 0.15) is 35.6 Å². The molecule has 0 saturated carbocycles. The van der Waals surface area contributed by atoms with Crippen LogP contribution >= 0.6 is 0 Å². The monoisotopic (exact) mass is 535 g/mol. The van der Waals surface area contributed by atoms with E-state index in [-0.39, 0.29) is 12.1 Å². The summed E-state index contributed by atoms with van der Waals surface area (Å²) in [4.78, 5) is 22.3. The van der Waals surface area contributed by atoms with E-state index in [0.717, 1.165) is 66.1 Å². The fourth-order valence-corrected chi connectivity index (χ4v) is 6.20. The number of H-pyrrole nitrogens is 1. The molecule has 2 aliphatic rings. The molecule has 1 saturated heterocycles. The van der Waals surface area contributed by atoms with Gasteiger partial charge in [-0.2, -0.15) is 5.10 Å². The molecule has 1 atom stereocenters. The summed E-state index contributed by atoms with van der Waals surface area (Å²) in [5, 5.41) is 11.8. The van der Waals surface area contributed by atoms with Crippen LogP contribution in [0.2, 0.25) is 0 Å². The van der Waals surface area contributed by atoms with Crippen molar-refractivity contribution in [2.75, 3.05) is 19.6 Å². The van der Waals surface area contributed by atoms with Gasteiger partial charge in [0.05, 0.1) is 18.3 Å². The first kappa shape index (κ1) is 24.8. The van der Waals surface area contributed by atoms with Gasteiger partial charge in [0.25, 0.3) is 0 Å². The van der Waals surface area contributed by atoms with Crippen LogP contribution < -0.4 is 5.84 Å². The molecule has 3 aromatic carbocycles. The standard InChI is InChI=1S/C31H33N7O2/c1-20-33-28-16-24(10-11-29(28)40-20)30-26-19-37(14-12-27(26)34-35-30)31(39)38(32)25-7-4-13-36(18-25)17-21-8-9-22-5-2-3-6-23(22)15-21/h2-3,5-6,8-11,15-16,25H,4,7,12-14,17-19,32H2,1H3,(H,34,35)/t25-/m1/s1. The van der Waals surface area contributed by atoms with Crippen molar-refractivity contribution >= 4 is 27.9 Å². The molecule has 40 heavy (non-hydrogen) atoms. The summed E-state index contributed by atoms with van der Waals surface area (Å²) >= 11 is 0. The number of oxazole rings is 1. The van der Waals surface area contributed by atoms with Crippen molar-refractivity contribution in [2.24, 2.45) is 5.84 Å². The normalized spacial score (nSPS) is 17.9. The number of hydrogen-bond donors (Lipinski definition) is 2. The lowest BCUT2D eigenvalue weighted by Gasteiger charge is -2.39. The first-order valence-electron chi connectivity index (χ1n) is 14.0. The Kier molecular flexibility index (Phi) is 6.25. The number of nitrogens with one attached hydrogen (secondary N) is 1. The van der Waals surface area contributed by atoms with Crippen LogP contribution in [0.4, 0.5) is 4.79 Å². The molecule has 2 aliphatic heterocycles. The quantitative estimate of drug-likeness (QED) is 0.191. The number of hydrazine groups is 1. The second kappa shape index (κ2) is 10.1. The zero-order valence-corrected chi connectivity index (χ0v) is 22.6. The number of benzene rings is 3. The van der Waals surface area contributed by atoms with E-state index in [1.54, 1.807) is 0 Å². The van der Waals surface area contributed by atoms with Gasteiger partial charge in [-0.1, -0.05) is 36.4 Å². The molecule has 0 radical (unpaired) electrons. The Bertz CT molecular complexity index is 1710. The average Bonchev–Trinajstić information content (AvgIpc) is 3.58. The number of piperidine rings is 1. The summed E-state index contributed by atoms with van der Waals surface area (Å²) < 4.78 is 5.63. The second-order valence-electron chi connectivity index (χ2n) is 11.0. The summed E-state index contributed by atoms with van der Waals surface area (Å²) in [6, 6.07) is 20.8. The minimum Gasteiger partial charge on any atom is -0.441 e. The molecule has 0 unspecified atom stereocenters. The maximum atomic E-state index is 13.6. The van der Waals surface area contributed by atoms with Crippen molar-refractivity contribution in [2.45, 2.75) is 45.3 Å². The van der Waals surface area contributed by atoms with Gasteiger partial charge in [-0.15, -0.1) is 0 Å². The summed E-state index contributed by atoms with van der Waals surface area (Å²) in [5.41, 5.74) is 6.74. The highest BCUT2D eigenvalue weighted by molar-refractivity contribution is 5.83. The van der Waals surface area contributed by atoms with Crippen LogP contribution in [0, 0.1) is 6.92 Å². The minimum absolute atomic E-state index is 0.0234. The molecule has 3 N–H and O–H groups in total. The van der Waals surface area contributed by atoms with Crippen molar-refractivity contribution in [3.05, 3.63) is 83.4 Å². The van der Waals surface area contributed by atoms with E-state index in [9.17, 15) is 4.79 Å². The topological polar surface area (TPSA) is 108 Å². The van der Waals surface area contributed by atoms with Gasteiger partial charge in [-0.05, 0) is 60.0 Å². The lowest BCUT2D eigenvalue weighted by atomic mass is 10.0. The highest BCUT2D eigenvalue weighted by atomic mass is 16.3. The number of fused-ring (bicyclic) bond motifs is 3. The number of rotatable bonds is 4. The molecule has 0 bridgehead atoms. The van der Waals surface area contributed by atoms with Gasteiger partial charge in [-0.25, -0.2) is 15.6 Å². The molecule has 2 amide bonds. The fourth-order valence-electron chi connectivity index (χ4n) is 6.20. The van der Waals surface area contributed by atoms with Gasteiger partial charge in [-0.3, -0.25) is 15.0 Å². The Morgan fingerprint density at radius 1 is 1.12 bits per heavy atom. The van der Waals surface area contributed by atoms with Crippen LogP contribution in [0.3, 0.4) is 0 Å². The number of carbonyl (C=O) groups is 1. The summed E-state index contributed by atoms with van der Waals surface area (Å²) in [5.74, 6) is 7.17. The lowest BCUT2D eigenvalue weighted by Crippen LogP contribution is -2.57. The van der Waals surface area contributed by atoms with Gasteiger partial charge >= 0.3 is 6.03 Å². The Morgan fingerprint density at radius 2 is 2.00 bits per heavy atom. The van der Waals surface area contributed by atoms with Crippen molar-refractivity contribution in [1.29, 1.82) is 0 Å². The Balaban J connectivity index is 1.04. The molecule has 5 aromatic rings. The SMILES string of the molecule is Cc1nc2cc(-c3n[nH]c4c3CN(C(=O)N(N)[C@@H]3CCCN(Cc5ccc6ccccc6c5)C3)CC4)ccc2o1. The predicted octanol–water partition coefficient (Wildman–Crippen LogP) is 5.00. The highest BCUT2D eigenvalue weighted by Gasteiger charge is 2.32. The van der Waals surface area contributed by atoms with E-state index in [0.29, 0.717) is 25.4 Å². The molecular weight excluding hydrogens is 502 g/mol. The fraction of sp³-hybridized carbons (Fsp3) is 0.323. The van der Waals surface area contributed by atoms with Gasteiger partial charge in [0.2, 0.25) is 0 Å². The molecule has 9 heteroatoms. The first-order chi connectivity index (χ1) is 19.5. The van der Waals surface area contributed by atoms with Crippen LogP contribution in [0.5, 0.6) is 0 Å². The second-order valence-corrected chi connectivity index (χ2v) is 11.0. The summed E-state index contributed by atoms with van der Waals surface area (Å²) in [7, 11) is 0. The van der Waals surface area contributed by atoms with E-state index in [4.69, 9.17) is 10.3 Å². The van der Waals surface area contributed by atoms with Crippen LogP contribution in [-0.4, -0.2) is 61.7 Å². The smallest absolute Gasteiger partial charge is 0.334 e. The summed E-state index contributed by atoms with van der Waals surface area (Å²) in [6.07, 6.45) is 2.63. The van der Waals surface area contributed by atoms with Gasteiger partial charge in [0.1, 0.15) is 5.52 Å². The van der Waals surface area contributed by atoms with Gasteiger partial charge < -0.3 is 9.32 Å². The molecule has 0 aliphatic carbocycles. The van der Waals surface area contributed by atoms with E-state index in [1.807, 2.05) is 30.0 Å². The van der Waals surface area contributed by atoms with Crippen LogP contribution in [0.25, 0.3) is 33.1 Å². The van der Waals surface area contributed by atoms with Crippen LogP contribution in [-0.2, 0) is 19.5 Å². The Labute approximate surface area is 232 Å². The van der Waals surface area contributed by atoms with E-state index in [1.165, 1.54) is 21.3 Å². The Morgan fingerprint density at radius 3 is 2.90 bits per heavy atom. The highest BCUT2D eigenvalue weighted by Crippen LogP contribution is 2.31. The Hall–Kier alpha value is -4.21. The molecular formula is C31H33N7O2. The third-order valence-corrected chi connectivity index (χ3v) is 8.29. The third-order valence-electron chi connectivity index (χ3n) is 8.29. The van der Waals surface area contributed by atoms with E-state index < -0.39 is 0 Å². The van der Waals surface area contributed by atoms with Crippen molar-refractivity contribution in [1.82, 2.24) is 30.0 Å². The number of hydrogen-bond acceptors (Lipinski definition) is 6. The lowest BCUT2D eigenvalue weighted by molar-refractivity contribution is 0.0854. The number of nitrogens with two attached hydrogens (primary N) is 1. The zero-order valence-electron chi connectivity index (χ0n) is 22.6. The molecule has 1 fully saturated rings. The van der Waals surface area contributed by atoms with E-state index >= 15 is 0 Å². The average molecular weight is 536 g/mol. The molecule has 9 nitrogen and oxygen atoms in total. The number of likely N-dealkylation sites (tertiary alicyclic amines) is 1. The number of aromatic amines is 1. The molecule has 0 spiro atoms.